The van der Waals surface area contributed by atoms with Gasteiger partial charge in [0, 0.05) is 44.2 Å². The summed E-state index contributed by atoms with van der Waals surface area (Å²) in [6.07, 6.45) is 5.14. The van der Waals surface area contributed by atoms with Gasteiger partial charge >= 0.3 is 0 Å². The third-order valence-corrected chi connectivity index (χ3v) is 2.67. The first-order valence-electron chi connectivity index (χ1n) is 5.95. The van der Waals surface area contributed by atoms with Crippen molar-refractivity contribution in [3.8, 4) is 0 Å². The highest BCUT2D eigenvalue weighted by molar-refractivity contribution is 5.34. The number of aromatic nitrogens is 4. The molecule has 0 spiro atoms. The van der Waals surface area contributed by atoms with Gasteiger partial charge in [-0.3, -0.25) is 9.36 Å². The Kier molecular flexibility index (Phi) is 3.46. The van der Waals surface area contributed by atoms with Crippen LogP contribution in [0.4, 0.5) is 5.82 Å². The zero-order chi connectivity index (χ0) is 12.3. The molecule has 0 aliphatic heterocycles. The number of rotatable bonds is 5. The van der Waals surface area contributed by atoms with E-state index in [4.69, 9.17) is 0 Å². The van der Waals surface area contributed by atoms with Gasteiger partial charge in [0.05, 0.1) is 5.69 Å². The minimum Gasteiger partial charge on any atom is -0.364 e. The van der Waals surface area contributed by atoms with Gasteiger partial charge in [0.1, 0.15) is 5.82 Å². The maximum Gasteiger partial charge on any atom is 0.148 e. The van der Waals surface area contributed by atoms with Crippen molar-refractivity contribution < 1.29 is 0 Å². The molecule has 92 valence electrons. The predicted molar refractivity (Wildman–Crippen MR) is 67.8 cm³/mol. The molecule has 0 radical (unpaired) electrons. The molecule has 5 nitrogen and oxygen atoms in total. The Morgan fingerprint density at radius 3 is 2.82 bits per heavy atom. The average molecular weight is 233 g/mol. The minimum atomic E-state index is 0.770. The van der Waals surface area contributed by atoms with Gasteiger partial charge in [-0.05, 0) is 13.3 Å². The predicted octanol–water partition coefficient (Wildman–Crippen LogP) is 1.95. The molecule has 2 rings (SSSR count). The summed E-state index contributed by atoms with van der Waals surface area (Å²) in [6.45, 7) is 5.95. The first-order chi connectivity index (χ1) is 8.19. The fraction of sp³-hybridized carbons (Fsp3) is 0.500. The van der Waals surface area contributed by atoms with Crippen molar-refractivity contribution in [2.24, 2.45) is 7.05 Å². The number of anilines is 1. The van der Waals surface area contributed by atoms with Crippen molar-refractivity contribution >= 4 is 5.82 Å². The molecule has 2 aromatic rings. The molecule has 0 aliphatic carbocycles. The van der Waals surface area contributed by atoms with Gasteiger partial charge in [-0.25, -0.2) is 0 Å². The SMILES string of the molecule is CCCn1cc(CNc2ccn(C)n2)c(C)n1. The highest BCUT2D eigenvalue weighted by atomic mass is 15.3. The number of hydrogen-bond donors (Lipinski definition) is 1. The molecule has 0 aromatic carbocycles. The first-order valence-corrected chi connectivity index (χ1v) is 5.95. The van der Waals surface area contributed by atoms with Crippen molar-refractivity contribution in [1.29, 1.82) is 0 Å². The van der Waals surface area contributed by atoms with Crippen molar-refractivity contribution in [3.05, 3.63) is 29.7 Å². The fourth-order valence-corrected chi connectivity index (χ4v) is 1.77. The second-order valence-corrected chi connectivity index (χ2v) is 4.23. The molecule has 0 saturated carbocycles. The largest absolute Gasteiger partial charge is 0.364 e. The van der Waals surface area contributed by atoms with Gasteiger partial charge in [0.15, 0.2) is 0 Å². The van der Waals surface area contributed by atoms with E-state index in [9.17, 15) is 0 Å². The van der Waals surface area contributed by atoms with Gasteiger partial charge in [-0.2, -0.15) is 10.2 Å². The number of nitrogens with zero attached hydrogens (tertiary/aromatic N) is 4. The molecule has 2 heterocycles. The minimum absolute atomic E-state index is 0.770. The lowest BCUT2D eigenvalue weighted by Gasteiger charge is -2.00. The van der Waals surface area contributed by atoms with E-state index < -0.39 is 0 Å². The van der Waals surface area contributed by atoms with E-state index in [2.05, 4.69) is 28.6 Å². The van der Waals surface area contributed by atoms with Crippen LogP contribution in [0.1, 0.15) is 24.6 Å². The van der Waals surface area contributed by atoms with Crippen LogP contribution in [0, 0.1) is 6.92 Å². The summed E-state index contributed by atoms with van der Waals surface area (Å²) in [4.78, 5) is 0. The first kappa shape index (κ1) is 11.7. The van der Waals surface area contributed by atoms with Crippen molar-refractivity contribution in [1.82, 2.24) is 19.6 Å². The third kappa shape index (κ3) is 2.87. The van der Waals surface area contributed by atoms with Crippen LogP contribution in [-0.4, -0.2) is 19.6 Å². The van der Waals surface area contributed by atoms with Gasteiger partial charge in [-0.1, -0.05) is 6.92 Å². The Labute approximate surface area is 101 Å². The van der Waals surface area contributed by atoms with Crippen LogP contribution in [0.3, 0.4) is 0 Å². The molecular weight excluding hydrogens is 214 g/mol. The summed E-state index contributed by atoms with van der Waals surface area (Å²) < 4.78 is 3.79. The van der Waals surface area contributed by atoms with Gasteiger partial charge in [0.25, 0.3) is 0 Å². The summed E-state index contributed by atoms with van der Waals surface area (Å²) in [6, 6.07) is 1.96. The normalized spacial score (nSPS) is 10.8. The smallest absolute Gasteiger partial charge is 0.148 e. The lowest BCUT2D eigenvalue weighted by Crippen LogP contribution is -2.01. The lowest BCUT2D eigenvalue weighted by atomic mass is 10.2. The monoisotopic (exact) mass is 233 g/mol. The highest BCUT2D eigenvalue weighted by Gasteiger charge is 2.04. The molecule has 5 heteroatoms. The molecule has 0 unspecified atom stereocenters. The average Bonchev–Trinajstić information content (AvgIpc) is 2.83. The molecule has 1 N–H and O–H groups in total. The van der Waals surface area contributed by atoms with Crippen LogP contribution < -0.4 is 5.32 Å². The second-order valence-electron chi connectivity index (χ2n) is 4.23. The van der Waals surface area contributed by atoms with Gasteiger partial charge < -0.3 is 5.32 Å². The van der Waals surface area contributed by atoms with E-state index in [0.717, 1.165) is 31.0 Å². The molecule has 17 heavy (non-hydrogen) atoms. The number of aryl methyl sites for hydroxylation is 3. The quantitative estimate of drug-likeness (QED) is 0.858. The van der Waals surface area contributed by atoms with E-state index in [1.54, 1.807) is 4.68 Å². The Bertz CT molecular complexity index is 483. The Balaban J connectivity index is 1.98. The summed E-state index contributed by atoms with van der Waals surface area (Å²) in [5.41, 5.74) is 2.31. The van der Waals surface area contributed by atoms with Gasteiger partial charge in [0.2, 0.25) is 0 Å². The van der Waals surface area contributed by atoms with Crippen LogP contribution in [0.25, 0.3) is 0 Å². The molecule has 0 bridgehead atoms. The molecular formula is C12H19N5. The maximum atomic E-state index is 4.47. The Hall–Kier alpha value is -1.78. The van der Waals surface area contributed by atoms with Crippen molar-refractivity contribution in [2.75, 3.05) is 5.32 Å². The van der Waals surface area contributed by atoms with E-state index in [1.807, 2.05) is 30.9 Å². The fourth-order valence-electron chi connectivity index (χ4n) is 1.77. The number of nitrogens with one attached hydrogen (secondary N) is 1. The summed E-state index contributed by atoms with van der Waals surface area (Å²) in [5.74, 6) is 0.898. The molecule has 0 amide bonds. The molecule has 2 aromatic heterocycles. The Morgan fingerprint density at radius 1 is 1.35 bits per heavy atom. The van der Waals surface area contributed by atoms with E-state index in [1.165, 1.54) is 5.56 Å². The van der Waals surface area contributed by atoms with Crippen LogP contribution in [-0.2, 0) is 20.1 Å². The Morgan fingerprint density at radius 2 is 2.18 bits per heavy atom. The van der Waals surface area contributed by atoms with E-state index in [-0.39, 0.29) is 0 Å². The van der Waals surface area contributed by atoms with E-state index >= 15 is 0 Å². The lowest BCUT2D eigenvalue weighted by molar-refractivity contribution is 0.598. The topological polar surface area (TPSA) is 47.7 Å². The third-order valence-electron chi connectivity index (χ3n) is 2.67. The summed E-state index contributed by atoms with van der Waals surface area (Å²) in [7, 11) is 1.91. The molecule has 0 fully saturated rings. The van der Waals surface area contributed by atoms with Crippen molar-refractivity contribution in [3.63, 3.8) is 0 Å². The zero-order valence-electron chi connectivity index (χ0n) is 10.6. The second kappa shape index (κ2) is 5.03. The standard InChI is InChI=1S/C12H19N5/c1-4-6-17-9-11(10(2)14-17)8-13-12-5-7-16(3)15-12/h5,7,9H,4,6,8H2,1-3H3,(H,13,15). The van der Waals surface area contributed by atoms with Crippen LogP contribution >= 0.6 is 0 Å². The molecule has 0 aliphatic rings. The highest BCUT2D eigenvalue weighted by Crippen LogP contribution is 2.09. The molecule has 0 atom stereocenters. The van der Waals surface area contributed by atoms with Gasteiger partial charge in [-0.15, -0.1) is 0 Å². The number of hydrogen-bond acceptors (Lipinski definition) is 3. The summed E-state index contributed by atoms with van der Waals surface area (Å²) in [5, 5.41) is 12.0. The van der Waals surface area contributed by atoms with Crippen LogP contribution in [0.15, 0.2) is 18.5 Å². The van der Waals surface area contributed by atoms with E-state index in [0.29, 0.717) is 0 Å². The zero-order valence-corrected chi connectivity index (χ0v) is 10.6. The van der Waals surface area contributed by atoms with Crippen LogP contribution in [0.2, 0.25) is 0 Å². The molecule has 0 saturated heterocycles. The van der Waals surface area contributed by atoms with Crippen molar-refractivity contribution in [2.45, 2.75) is 33.4 Å². The summed E-state index contributed by atoms with van der Waals surface area (Å²) >= 11 is 0. The van der Waals surface area contributed by atoms with Crippen LogP contribution in [0.5, 0.6) is 0 Å². The maximum absolute atomic E-state index is 4.47.